The minimum Gasteiger partial charge on any atom is -0.493 e. The highest BCUT2D eigenvalue weighted by molar-refractivity contribution is 5.99. The molecule has 4 heteroatoms. The first-order chi connectivity index (χ1) is 19.2. The Kier molecular flexibility index (Phi) is 14.4. The molecule has 0 saturated carbocycles. The zero-order valence-electron chi connectivity index (χ0n) is 25.0. The van der Waals surface area contributed by atoms with E-state index in [9.17, 15) is 4.39 Å². The molecular weight excluding hydrogens is 485 g/mol. The molecule has 3 nitrogen and oxygen atoms in total. The van der Waals surface area contributed by atoms with Crippen LogP contribution in [0.4, 0.5) is 4.39 Å². The number of methoxy groups -OCH3 is 1. The van der Waals surface area contributed by atoms with Gasteiger partial charge in [0.2, 0.25) is 0 Å². The first kappa shape index (κ1) is 31.2. The third-order valence-electron chi connectivity index (χ3n) is 8.10. The maximum Gasteiger partial charge on any atom is 0.184 e. The number of hydrogen-bond donors (Lipinski definition) is 0. The standard InChI is InChI=1S/C35H53FNO2/c1-4-6-8-10-11-12-13-14-16-22-33-30-23-24-34(38-3)35(39-27-19-15-9-7-5-2)31(30)25-26-37(33)28-29-20-17-18-21-32(29)36/h17-18,20-21,23-24H,4-16,19,22,25-28H2,1-3H3/q+1. The second-order valence-electron chi connectivity index (χ2n) is 11.2. The van der Waals surface area contributed by atoms with E-state index in [2.05, 4.69) is 30.6 Å². The Balaban J connectivity index is 1.74. The average Bonchev–Trinajstić information content (AvgIpc) is 2.95. The van der Waals surface area contributed by atoms with Crippen molar-refractivity contribution in [3.05, 3.63) is 58.9 Å². The van der Waals surface area contributed by atoms with Crippen LogP contribution >= 0.6 is 0 Å². The summed E-state index contributed by atoms with van der Waals surface area (Å²) in [5.74, 6) is 1.63. The molecule has 0 bridgehead atoms. The van der Waals surface area contributed by atoms with Gasteiger partial charge in [0.15, 0.2) is 23.8 Å². The zero-order chi connectivity index (χ0) is 27.7. The largest absolute Gasteiger partial charge is 0.493 e. The SMILES string of the molecule is CCCCCCCCCCCC1=[N+](Cc2ccccc2F)CCc2c1ccc(OC)c2OCCCCCCC. The lowest BCUT2D eigenvalue weighted by Crippen LogP contribution is -2.30. The summed E-state index contributed by atoms with van der Waals surface area (Å²) in [7, 11) is 1.73. The molecule has 0 aliphatic carbocycles. The van der Waals surface area contributed by atoms with Crippen molar-refractivity contribution in [2.24, 2.45) is 0 Å². The molecule has 1 aliphatic rings. The summed E-state index contributed by atoms with van der Waals surface area (Å²) in [5.41, 5.74) is 4.62. The Bertz CT molecular complexity index is 1020. The maximum absolute atomic E-state index is 14.6. The van der Waals surface area contributed by atoms with Gasteiger partial charge in [-0.05, 0) is 37.1 Å². The van der Waals surface area contributed by atoms with Gasteiger partial charge < -0.3 is 9.47 Å². The lowest BCUT2D eigenvalue weighted by molar-refractivity contribution is -0.546. The fourth-order valence-corrected chi connectivity index (χ4v) is 5.78. The molecule has 3 rings (SSSR count). The molecule has 216 valence electrons. The van der Waals surface area contributed by atoms with Crippen molar-refractivity contribution in [1.82, 2.24) is 0 Å². The van der Waals surface area contributed by atoms with Crippen LogP contribution < -0.4 is 9.47 Å². The summed E-state index contributed by atoms with van der Waals surface area (Å²) in [6, 6.07) is 11.5. The lowest BCUT2D eigenvalue weighted by atomic mass is 9.91. The topological polar surface area (TPSA) is 21.5 Å². The van der Waals surface area contributed by atoms with Crippen molar-refractivity contribution in [2.45, 2.75) is 123 Å². The first-order valence-corrected chi connectivity index (χ1v) is 15.9. The van der Waals surface area contributed by atoms with Crippen LogP contribution in [0.3, 0.4) is 0 Å². The molecule has 1 aliphatic heterocycles. The molecule has 0 aromatic heterocycles. The molecule has 0 unspecified atom stereocenters. The predicted molar refractivity (Wildman–Crippen MR) is 162 cm³/mol. The lowest BCUT2D eigenvalue weighted by Gasteiger charge is -2.23. The summed E-state index contributed by atoms with van der Waals surface area (Å²) in [5, 5.41) is 0. The number of hydrogen-bond acceptors (Lipinski definition) is 2. The molecule has 0 saturated heterocycles. The van der Waals surface area contributed by atoms with Gasteiger partial charge in [-0.15, -0.1) is 0 Å². The van der Waals surface area contributed by atoms with Gasteiger partial charge in [0.25, 0.3) is 0 Å². The van der Waals surface area contributed by atoms with Crippen LogP contribution in [0.25, 0.3) is 0 Å². The molecule has 0 radical (unpaired) electrons. The molecule has 0 atom stereocenters. The van der Waals surface area contributed by atoms with Crippen molar-refractivity contribution < 1.29 is 18.4 Å². The number of fused-ring (bicyclic) bond motifs is 1. The van der Waals surface area contributed by atoms with Crippen LogP contribution in [0.1, 0.15) is 127 Å². The molecular formula is C35H53FNO2+. The van der Waals surface area contributed by atoms with Gasteiger partial charge in [-0.1, -0.05) is 103 Å². The number of benzene rings is 2. The Labute approximate surface area is 237 Å². The summed E-state index contributed by atoms with van der Waals surface area (Å²) in [4.78, 5) is 0. The van der Waals surface area contributed by atoms with Gasteiger partial charge in [-0.25, -0.2) is 8.97 Å². The molecule has 0 N–H and O–H groups in total. The number of nitrogens with zero attached hydrogens (tertiary/aromatic N) is 1. The van der Waals surface area contributed by atoms with Gasteiger partial charge in [0.05, 0.1) is 19.3 Å². The molecule has 0 amide bonds. The first-order valence-electron chi connectivity index (χ1n) is 15.9. The number of unbranched alkanes of at least 4 members (excludes halogenated alkanes) is 12. The third kappa shape index (κ3) is 9.96. The Morgan fingerprint density at radius 3 is 2.08 bits per heavy atom. The summed E-state index contributed by atoms with van der Waals surface area (Å²) in [6.07, 6.45) is 19.8. The highest BCUT2D eigenvalue weighted by Crippen LogP contribution is 2.37. The van der Waals surface area contributed by atoms with Gasteiger partial charge >= 0.3 is 0 Å². The van der Waals surface area contributed by atoms with Gasteiger partial charge in [0.1, 0.15) is 12.4 Å². The average molecular weight is 539 g/mol. The fraction of sp³-hybridized carbons (Fsp3) is 0.629. The van der Waals surface area contributed by atoms with E-state index < -0.39 is 0 Å². The third-order valence-corrected chi connectivity index (χ3v) is 8.10. The number of rotatable bonds is 20. The highest BCUT2D eigenvalue weighted by atomic mass is 19.1. The minimum atomic E-state index is -0.118. The van der Waals surface area contributed by atoms with Crippen LogP contribution in [-0.2, 0) is 13.0 Å². The zero-order valence-corrected chi connectivity index (χ0v) is 25.0. The Hall–Kier alpha value is -2.36. The van der Waals surface area contributed by atoms with Gasteiger partial charge in [-0.3, -0.25) is 0 Å². The fourth-order valence-electron chi connectivity index (χ4n) is 5.78. The van der Waals surface area contributed by atoms with E-state index in [4.69, 9.17) is 9.47 Å². The minimum absolute atomic E-state index is 0.118. The van der Waals surface area contributed by atoms with E-state index >= 15 is 0 Å². The van der Waals surface area contributed by atoms with Gasteiger partial charge in [-0.2, -0.15) is 0 Å². The number of ether oxygens (including phenoxy) is 2. The van der Waals surface area contributed by atoms with Crippen molar-refractivity contribution in [1.29, 1.82) is 0 Å². The maximum atomic E-state index is 14.6. The van der Waals surface area contributed by atoms with Crippen LogP contribution in [0.15, 0.2) is 36.4 Å². The van der Waals surface area contributed by atoms with Crippen molar-refractivity contribution in [2.75, 3.05) is 20.3 Å². The molecule has 2 aromatic rings. The van der Waals surface area contributed by atoms with Crippen molar-refractivity contribution in [3.8, 4) is 11.5 Å². The van der Waals surface area contributed by atoms with Crippen LogP contribution in [0.5, 0.6) is 11.5 Å². The van der Waals surface area contributed by atoms with E-state index in [0.29, 0.717) is 6.54 Å². The van der Waals surface area contributed by atoms with E-state index in [1.54, 1.807) is 19.2 Å². The van der Waals surface area contributed by atoms with E-state index in [1.807, 2.05) is 12.1 Å². The Morgan fingerprint density at radius 1 is 0.769 bits per heavy atom. The second kappa shape index (κ2) is 18.1. The normalized spacial score (nSPS) is 13.0. The predicted octanol–water partition coefficient (Wildman–Crippen LogP) is 9.66. The van der Waals surface area contributed by atoms with Crippen LogP contribution in [0, 0.1) is 5.82 Å². The molecule has 1 heterocycles. The van der Waals surface area contributed by atoms with E-state index in [1.165, 1.54) is 93.9 Å². The van der Waals surface area contributed by atoms with E-state index in [0.717, 1.165) is 55.9 Å². The van der Waals surface area contributed by atoms with Crippen LogP contribution in [0.2, 0.25) is 0 Å². The monoisotopic (exact) mass is 538 g/mol. The molecule has 39 heavy (non-hydrogen) atoms. The smallest absolute Gasteiger partial charge is 0.184 e. The molecule has 0 spiro atoms. The molecule has 2 aromatic carbocycles. The summed E-state index contributed by atoms with van der Waals surface area (Å²) >= 11 is 0. The van der Waals surface area contributed by atoms with Crippen molar-refractivity contribution >= 4 is 5.71 Å². The summed E-state index contributed by atoms with van der Waals surface area (Å²) in [6.45, 7) is 6.72. The second-order valence-corrected chi connectivity index (χ2v) is 11.2. The Morgan fingerprint density at radius 2 is 1.41 bits per heavy atom. The highest BCUT2D eigenvalue weighted by Gasteiger charge is 2.30. The quantitative estimate of drug-likeness (QED) is 0.124. The van der Waals surface area contributed by atoms with Crippen molar-refractivity contribution in [3.63, 3.8) is 0 Å². The summed E-state index contributed by atoms with van der Waals surface area (Å²) < 4.78 is 29.2. The number of halogens is 1. The van der Waals surface area contributed by atoms with E-state index in [-0.39, 0.29) is 5.82 Å². The van der Waals surface area contributed by atoms with Crippen LogP contribution in [-0.4, -0.2) is 30.5 Å². The molecule has 0 fully saturated rings. The van der Waals surface area contributed by atoms with Gasteiger partial charge in [0, 0.05) is 24.0 Å².